The van der Waals surface area contributed by atoms with E-state index in [1.54, 1.807) is 18.2 Å². The van der Waals surface area contributed by atoms with Gasteiger partial charge in [0.1, 0.15) is 5.75 Å². The largest absolute Gasteiger partial charge is 0.449 e. The van der Waals surface area contributed by atoms with Gasteiger partial charge in [0.25, 0.3) is 5.91 Å². The number of hydrogen-bond donors (Lipinski definition) is 0. The topological polar surface area (TPSA) is 72.7 Å². The summed E-state index contributed by atoms with van der Waals surface area (Å²) < 4.78 is 45.8. The van der Waals surface area contributed by atoms with Crippen molar-refractivity contribution in [1.29, 1.82) is 0 Å². The molecule has 4 rings (SSSR count). The van der Waals surface area contributed by atoms with E-state index in [2.05, 4.69) is 15.9 Å². The van der Waals surface area contributed by atoms with Crippen molar-refractivity contribution in [2.24, 2.45) is 0 Å². The third-order valence-corrected chi connectivity index (χ3v) is 6.81. The Balaban J connectivity index is 1.71. The molecule has 36 heavy (non-hydrogen) atoms. The maximum Gasteiger partial charge on any atom is 0.416 e. The van der Waals surface area contributed by atoms with E-state index in [-0.39, 0.29) is 22.3 Å². The van der Waals surface area contributed by atoms with E-state index in [0.717, 1.165) is 23.4 Å². The summed E-state index contributed by atoms with van der Waals surface area (Å²) in [5.41, 5.74) is -0.0801. The fourth-order valence-electron chi connectivity index (χ4n) is 3.36. The maximum atomic E-state index is 13.2. The highest BCUT2D eigenvalue weighted by molar-refractivity contribution is 9.10. The summed E-state index contributed by atoms with van der Waals surface area (Å²) in [5, 5.41) is 11.5. The number of thioether (sulfide) groups is 1. The number of aryl methyl sites for hydroxylation is 1. The molecular weight excluding hydrogens is 581 g/mol. The van der Waals surface area contributed by atoms with E-state index in [0.29, 0.717) is 32.2 Å². The first-order valence-corrected chi connectivity index (χ1v) is 12.1. The van der Waals surface area contributed by atoms with Crippen molar-refractivity contribution in [1.82, 2.24) is 0 Å². The molecule has 0 saturated carbocycles. The number of hydrogen-bond acceptors (Lipinski definition) is 6. The molecule has 0 spiro atoms. The van der Waals surface area contributed by atoms with Gasteiger partial charge in [-0.05, 0) is 61.0 Å². The molecule has 1 aliphatic rings. The third-order valence-electron chi connectivity index (χ3n) is 5.01. The van der Waals surface area contributed by atoms with Crippen LogP contribution in [0.25, 0.3) is 6.08 Å². The van der Waals surface area contributed by atoms with Crippen LogP contribution in [0, 0.1) is 17.0 Å². The smallest absolute Gasteiger partial charge is 0.416 e. The third kappa shape index (κ3) is 5.45. The number of anilines is 1. The number of nitro benzene ring substituents is 1. The predicted molar refractivity (Wildman–Crippen MR) is 139 cm³/mol. The Labute approximate surface area is 221 Å². The van der Waals surface area contributed by atoms with Crippen LogP contribution in [-0.2, 0) is 11.0 Å². The molecule has 1 fully saturated rings. The van der Waals surface area contributed by atoms with Gasteiger partial charge < -0.3 is 4.74 Å². The molecule has 0 N–H and O–H groups in total. The maximum absolute atomic E-state index is 13.2. The molecule has 0 unspecified atom stereocenters. The second-order valence-electron chi connectivity index (χ2n) is 7.58. The normalized spacial score (nSPS) is 15.0. The predicted octanol–water partition coefficient (Wildman–Crippen LogP) is 7.88. The van der Waals surface area contributed by atoms with Gasteiger partial charge in [-0.25, -0.2) is 0 Å². The number of halogens is 4. The lowest BCUT2D eigenvalue weighted by atomic mass is 10.1. The number of ether oxygens (including phenoxy) is 1. The van der Waals surface area contributed by atoms with Crippen LogP contribution in [0.3, 0.4) is 0 Å². The average Bonchev–Trinajstić information content (AvgIpc) is 3.07. The SMILES string of the molecule is Cc1cccc(N2C(=O)/C(=C/c3cc(Br)ccc3Oc3ccc(C(F)(F)F)cc3[N+](=O)[O-])SC2=S)c1. The summed E-state index contributed by atoms with van der Waals surface area (Å²) in [6.45, 7) is 1.89. The summed E-state index contributed by atoms with van der Waals surface area (Å²) in [4.78, 5) is 25.4. The Hall–Kier alpha value is -3.22. The van der Waals surface area contributed by atoms with E-state index >= 15 is 0 Å². The molecule has 3 aromatic rings. The first-order valence-electron chi connectivity index (χ1n) is 10.1. The number of carbonyl (C=O) groups is 1. The first-order chi connectivity index (χ1) is 16.9. The van der Waals surface area contributed by atoms with Crippen molar-refractivity contribution in [2.45, 2.75) is 13.1 Å². The Kier molecular flexibility index (Phi) is 7.21. The van der Waals surface area contributed by atoms with Crippen LogP contribution in [-0.4, -0.2) is 15.2 Å². The van der Waals surface area contributed by atoms with Crippen LogP contribution in [0.1, 0.15) is 16.7 Å². The molecular formula is C24H14BrF3N2O4S2. The van der Waals surface area contributed by atoms with E-state index in [1.165, 1.54) is 17.0 Å². The molecule has 1 heterocycles. The number of rotatable bonds is 5. The quantitative estimate of drug-likeness (QED) is 0.129. The molecule has 0 bridgehead atoms. The van der Waals surface area contributed by atoms with Crippen LogP contribution in [0.4, 0.5) is 24.5 Å². The number of carbonyl (C=O) groups excluding carboxylic acids is 1. The van der Waals surface area contributed by atoms with Gasteiger partial charge in [-0.15, -0.1) is 0 Å². The van der Waals surface area contributed by atoms with Crippen molar-refractivity contribution in [2.75, 3.05) is 4.90 Å². The number of nitro groups is 1. The highest BCUT2D eigenvalue weighted by Gasteiger charge is 2.35. The fourth-order valence-corrected chi connectivity index (χ4v) is 5.03. The van der Waals surface area contributed by atoms with Crippen LogP contribution in [0.15, 0.2) is 70.0 Å². The summed E-state index contributed by atoms with van der Waals surface area (Å²) in [7, 11) is 0. The number of thiocarbonyl (C=S) groups is 1. The van der Waals surface area contributed by atoms with Gasteiger partial charge in [0.15, 0.2) is 4.32 Å². The minimum absolute atomic E-state index is 0.0990. The number of alkyl halides is 3. The zero-order valence-corrected chi connectivity index (χ0v) is 21.4. The van der Waals surface area contributed by atoms with Gasteiger partial charge in [-0.3, -0.25) is 19.8 Å². The molecule has 184 valence electrons. The van der Waals surface area contributed by atoms with Crippen molar-refractivity contribution in [3.8, 4) is 11.5 Å². The number of nitrogens with zero attached hydrogens (tertiary/aromatic N) is 2. The zero-order valence-electron chi connectivity index (χ0n) is 18.2. The summed E-state index contributed by atoms with van der Waals surface area (Å²) >= 11 is 9.82. The number of amides is 1. The van der Waals surface area contributed by atoms with Crippen LogP contribution in [0.5, 0.6) is 11.5 Å². The van der Waals surface area contributed by atoms with Gasteiger partial charge >= 0.3 is 11.9 Å². The molecule has 1 saturated heterocycles. The second kappa shape index (κ2) is 10.0. The van der Waals surface area contributed by atoms with Crippen molar-refractivity contribution >= 4 is 67.6 Å². The Bertz CT molecular complexity index is 1440. The second-order valence-corrected chi connectivity index (χ2v) is 10.2. The number of benzene rings is 3. The fraction of sp³-hybridized carbons (Fsp3) is 0.0833. The molecule has 6 nitrogen and oxygen atoms in total. The van der Waals surface area contributed by atoms with Crippen molar-refractivity contribution < 1.29 is 27.6 Å². The standard InChI is InChI=1S/C24H14BrF3N2O4S2/c1-13-3-2-4-17(9-13)29-22(31)21(36-23(29)35)11-14-10-16(25)6-8-19(14)34-20-7-5-15(24(26,27)28)12-18(20)30(32)33/h2-12H,1H3/b21-11-. The molecule has 12 heteroatoms. The summed E-state index contributed by atoms with van der Waals surface area (Å²) in [6, 6.07) is 14.0. The molecule has 1 aliphatic heterocycles. The molecule has 0 aromatic heterocycles. The van der Waals surface area contributed by atoms with Gasteiger partial charge in [0.05, 0.1) is 21.1 Å². The minimum Gasteiger partial charge on any atom is -0.449 e. The van der Waals surface area contributed by atoms with E-state index in [4.69, 9.17) is 17.0 Å². The van der Waals surface area contributed by atoms with Crippen LogP contribution in [0.2, 0.25) is 0 Å². The summed E-state index contributed by atoms with van der Waals surface area (Å²) in [5.74, 6) is -0.638. The van der Waals surface area contributed by atoms with Gasteiger partial charge in [-0.1, -0.05) is 52.0 Å². The Morgan fingerprint density at radius 1 is 1.11 bits per heavy atom. The van der Waals surface area contributed by atoms with Crippen LogP contribution >= 0.6 is 39.9 Å². The Morgan fingerprint density at radius 3 is 2.50 bits per heavy atom. The lowest BCUT2D eigenvalue weighted by Crippen LogP contribution is -2.27. The average molecular weight is 595 g/mol. The molecule has 0 aliphatic carbocycles. The molecule has 0 radical (unpaired) electrons. The highest BCUT2D eigenvalue weighted by atomic mass is 79.9. The monoisotopic (exact) mass is 594 g/mol. The minimum atomic E-state index is -4.75. The van der Waals surface area contributed by atoms with Crippen LogP contribution < -0.4 is 9.64 Å². The zero-order chi connectivity index (χ0) is 26.2. The lowest BCUT2D eigenvalue weighted by Gasteiger charge is -2.15. The van der Waals surface area contributed by atoms with Gasteiger partial charge in [-0.2, -0.15) is 13.2 Å². The van der Waals surface area contributed by atoms with Crippen molar-refractivity contribution in [3.63, 3.8) is 0 Å². The van der Waals surface area contributed by atoms with E-state index < -0.39 is 22.4 Å². The molecule has 3 aromatic carbocycles. The summed E-state index contributed by atoms with van der Waals surface area (Å²) in [6.07, 6.45) is -3.23. The lowest BCUT2D eigenvalue weighted by molar-refractivity contribution is -0.385. The van der Waals surface area contributed by atoms with Gasteiger partial charge in [0, 0.05) is 16.1 Å². The van der Waals surface area contributed by atoms with Crippen molar-refractivity contribution in [3.05, 3.63) is 96.8 Å². The van der Waals surface area contributed by atoms with E-state index in [9.17, 15) is 28.1 Å². The molecule has 0 atom stereocenters. The van der Waals surface area contributed by atoms with Gasteiger partial charge in [0.2, 0.25) is 5.75 Å². The first kappa shape index (κ1) is 25.9. The Morgan fingerprint density at radius 2 is 1.83 bits per heavy atom. The van der Waals surface area contributed by atoms with E-state index in [1.807, 2.05) is 25.1 Å². The highest BCUT2D eigenvalue weighted by Crippen LogP contribution is 2.41. The molecule has 1 amide bonds.